The normalized spacial score (nSPS) is 10.6. The van der Waals surface area contributed by atoms with Gasteiger partial charge in [0.15, 0.2) is 11.6 Å². The first-order valence-electron chi connectivity index (χ1n) is 3.82. The molecular formula is C8H4Cl2FN3O. The first-order valence-corrected chi connectivity index (χ1v) is 4.58. The summed E-state index contributed by atoms with van der Waals surface area (Å²) in [6.07, 6.45) is 2.49. The van der Waals surface area contributed by atoms with Gasteiger partial charge in [0.05, 0.1) is 5.02 Å². The molecule has 0 bridgehead atoms. The van der Waals surface area contributed by atoms with Gasteiger partial charge >= 0.3 is 0 Å². The van der Waals surface area contributed by atoms with Gasteiger partial charge in [0.2, 0.25) is 0 Å². The van der Waals surface area contributed by atoms with Crippen LogP contribution in [0.25, 0.3) is 5.69 Å². The molecule has 0 fully saturated rings. The molecular weight excluding hydrogens is 244 g/mol. The molecule has 0 aliphatic heterocycles. The summed E-state index contributed by atoms with van der Waals surface area (Å²) in [6, 6.07) is 0.958. The minimum Gasteiger partial charge on any atom is -0.505 e. The van der Waals surface area contributed by atoms with Crippen LogP contribution in [0.3, 0.4) is 0 Å². The second-order valence-corrected chi connectivity index (χ2v) is 3.48. The third-order valence-corrected chi connectivity index (χ3v) is 2.42. The second-order valence-electron chi connectivity index (χ2n) is 2.69. The average molecular weight is 248 g/mol. The van der Waals surface area contributed by atoms with Crippen molar-refractivity contribution in [1.29, 1.82) is 0 Å². The lowest BCUT2D eigenvalue weighted by molar-refractivity contribution is 0.472. The Kier molecular flexibility index (Phi) is 2.50. The lowest BCUT2D eigenvalue weighted by atomic mass is 10.3. The molecule has 4 nitrogen and oxygen atoms in total. The molecule has 0 aliphatic carbocycles. The predicted molar refractivity (Wildman–Crippen MR) is 53.0 cm³/mol. The van der Waals surface area contributed by atoms with Crippen molar-refractivity contribution in [3.63, 3.8) is 0 Å². The van der Waals surface area contributed by atoms with Crippen LogP contribution < -0.4 is 0 Å². The zero-order valence-electron chi connectivity index (χ0n) is 7.15. The number of aromatic nitrogens is 3. The molecule has 2 aromatic rings. The molecule has 1 aromatic carbocycles. The van der Waals surface area contributed by atoms with Crippen molar-refractivity contribution < 1.29 is 9.50 Å². The van der Waals surface area contributed by atoms with E-state index in [1.165, 1.54) is 12.7 Å². The van der Waals surface area contributed by atoms with Crippen LogP contribution in [0, 0.1) is 5.82 Å². The Balaban J connectivity index is 2.72. The predicted octanol–water partition coefficient (Wildman–Crippen LogP) is 2.42. The van der Waals surface area contributed by atoms with E-state index in [1.54, 1.807) is 0 Å². The van der Waals surface area contributed by atoms with Gasteiger partial charge in [-0.3, -0.25) is 0 Å². The second kappa shape index (κ2) is 3.67. The Labute approximate surface area is 93.9 Å². The van der Waals surface area contributed by atoms with Gasteiger partial charge in [-0.2, -0.15) is 5.10 Å². The summed E-state index contributed by atoms with van der Waals surface area (Å²) >= 11 is 11.3. The van der Waals surface area contributed by atoms with Crippen molar-refractivity contribution >= 4 is 23.2 Å². The van der Waals surface area contributed by atoms with Gasteiger partial charge in [-0.1, -0.05) is 23.2 Å². The van der Waals surface area contributed by atoms with Crippen LogP contribution in [-0.2, 0) is 0 Å². The summed E-state index contributed by atoms with van der Waals surface area (Å²) in [7, 11) is 0. The maximum absolute atomic E-state index is 13.5. The van der Waals surface area contributed by atoms with E-state index < -0.39 is 5.82 Å². The Hall–Kier alpha value is -1.33. The third kappa shape index (κ3) is 1.64. The van der Waals surface area contributed by atoms with Gasteiger partial charge in [-0.05, 0) is 6.07 Å². The molecule has 0 unspecified atom stereocenters. The summed E-state index contributed by atoms with van der Waals surface area (Å²) in [5.41, 5.74) is -0.0870. The monoisotopic (exact) mass is 247 g/mol. The zero-order valence-corrected chi connectivity index (χ0v) is 8.67. The number of hydrogen-bond donors (Lipinski definition) is 1. The third-order valence-electron chi connectivity index (χ3n) is 1.77. The number of aromatic hydroxyl groups is 1. The Morgan fingerprint density at radius 2 is 2.13 bits per heavy atom. The summed E-state index contributed by atoms with van der Waals surface area (Å²) in [6.45, 7) is 0. The number of phenols is 1. The van der Waals surface area contributed by atoms with E-state index in [-0.39, 0.29) is 21.5 Å². The highest BCUT2D eigenvalue weighted by molar-refractivity contribution is 6.38. The zero-order chi connectivity index (χ0) is 11.0. The Morgan fingerprint density at radius 3 is 2.73 bits per heavy atom. The van der Waals surface area contributed by atoms with Gasteiger partial charge in [-0.25, -0.2) is 14.1 Å². The van der Waals surface area contributed by atoms with Crippen molar-refractivity contribution in [2.45, 2.75) is 0 Å². The van der Waals surface area contributed by atoms with Crippen LogP contribution in [0.1, 0.15) is 0 Å². The van der Waals surface area contributed by atoms with E-state index >= 15 is 0 Å². The quantitative estimate of drug-likeness (QED) is 0.843. The number of hydrogen-bond acceptors (Lipinski definition) is 3. The molecule has 7 heteroatoms. The smallest absolute Gasteiger partial charge is 0.155 e. The summed E-state index contributed by atoms with van der Waals surface area (Å²) in [5.74, 6) is -1.07. The van der Waals surface area contributed by atoms with Gasteiger partial charge in [0, 0.05) is 0 Å². The van der Waals surface area contributed by atoms with Crippen molar-refractivity contribution in [3.05, 3.63) is 34.6 Å². The van der Waals surface area contributed by atoms with E-state index in [1.807, 2.05) is 0 Å². The molecule has 0 saturated carbocycles. The lowest BCUT2D eigenvalue weighted by Crippen LogP contribution is -1.99. The maximum Gasteiger partial charge on any atom is 0.155 e. The van der Waals surface area contributed by atoms with Gasteiger partial charge in [0.1, 0.15) is 23.4 Å². The minimum absolute atomic E-state index is 0.0870. The van der Waals surface area contributed by atoms with Crippen molar-refractivity contribution in [3.8, 4) is 11.4 Å². The Morgan fingerprint density at radius 1 is 1.40 bits per heavy atom. The van der Waals surface area contributed by atoms with Crippen LogP contribution in [0.15, 0.2) is 18.7 Å². The molecule has 1 N–H and O–H groups in total. The molecule has 0 spiro atoms. The van der Waals surface area contributed by atoms with E-state index in [4.69, 9.17) is 23.2 Å². The summed E-state index contributed by atoms with van der Waals surface area (Å²) in [5, 5.41) is 12.8. The van der Waals surface area contributed by atoms with Crippen LogP contribution in [0.4, 0.5) is 4.39 Å². The van der Waals surface area contributed by atoms with Gasteiger partial charge in [-0.15, -0.1) is 0 Å². The Bertz CT molecular complexity index is 501. The molecule has 1 aromatic heterocycles. The topological polar surface area (TPSA) is 50.9 Å². The molecule has 15 heavy (non-hydrogen) atoms. The van der Waals surface area contributed by atoms with E-state index in [9.17, 15) is 9.50 Å². The highest BCUT2D eigenvalue weighted by Crippen LogP contribution is 2.37. The number of rotatable bonds is 1. The van der Waals surface area contributed by atoms with E-state index in [2.05, 4.69) is 10.1 Å². The fourth-order valence-electron chi connectivity index (χ4n) is 1.10. The summed E-state index contributed by atoms with van der Waals surface area (Å²) < 4.78 is 14.6. The molecule has 0 radical (unpaired) electrons. The van der Waals surface area contributed by atoms with E-state index in [0.29, 0.717) is 0 Å². The lowest BCUT2D eigenvalue weighted by Gasteiger charge is -2.07. The minimum atomic E-state index is -0.687. The van der Waals surface area contributed by atoms with Gasteiger partial charge < -0.3 is 5.11 Å². The molecule has 0 saturated heterocycles. The molecule has 0 amide bonds. The number of nitrogens with zero attached hydrogens (tertiary/aromatic N) is 3. The van der Waals surface area contributed by atoms with Gasteiger partial charge in [0.25, 0.3) is 0 Å². The summed E-state index contributed by atoms with van der Waals surface area (Å²) in [4.78, 5) is 3.64. The number of halogens is 3. The molecule has 0 atom stereocenters. The van der Waals surface area contributed by atoms with Crippen molar-refractivity contribution in [2.24, 2.45) is 0 Å². The molecule has 2 rings (SSSR count). The average Bonchev–Trinajstić information content (AvgIpc) is 2.68. The SMILES string of the molecule is Oc1c(Cl)cc(F)c(-n2cncn2)c1Cl. The first-order chi connectivity index (χ1) is 7.11. The van der Waals surface area contributed by atoms with Crippen LogP contribution in [0.2, 0.25) is 10.0 Å². The maximum atomic E-state index is 13.5. The molecule has 78 valence electrons. The van der Waals surface area contributed by atoms with Crippen molar-refractivity contribution in [2.75, 3.05) is 0 Å². The number of phenolic OH excluding ortho intramolecular Hbond substituents is 1. The van der Waals surface area contributed by atoms with E-state index in [0.717, 1.165) is 10.7 Å². The van der Waals surface area contributed by atoms with Crippen LogP contribution in [0.5, 0.6) is 5.75 Å². The fourth-order valence-corrected chi connectivity index (χ4v) is 1.62. The standard InChI is InChI=1S/C8H4Cl2FN3O/c9-4-1-5(11)7(6(10)8(4)15)14-3-12-2-13-14/h1-3,15H. The van der Waals surface area contributed by atoms with Crippen LogP contribution >= 0.6 is 23.2 Å². The fraction of sp³-hybridized carbons (Fsp3) is 0. The van der Waals surface area contributed by atoms with Crippen LogP contribution in [-0.4, -0.2) is 19.9 Å². The molecule has 0 aliphatic rings. The largest absolute Gasteiger partial charge is 0.505 e. The molecule has 1 heterocycles. The number of benzene rings is 1. The highest BCUT2D eigenvalue weighted by atomic mass is 35.5. The van der Waals surface area contributed by atoms with Crippen molar-refractivity contribution in [1.82, 2.24) is 14.8 Å². The highest BCUT2D eigenvalue weighted by Gasteiger charge is 2.17. The first kappa shape index (κ1) is 10.2.